The molecule has 100 valence electrons. The van der Waals surface area contributed by atoms with Gasteiger partial charge in [0, 0.05) is 6.04 Å². The molecule has 0 spiro atoms. The average Bonchev–Trinajstić information content (AvgIpc) is 2.26. The van der Waals surface area contributed by atoms with Crippen molar-refractivity contribution in [3.63, 3.8) is 0 Å². The van der Waals surface area contributed by atoms with E-state index in [0.29, 0.717) is 0 Å². The monoisotopic (exact) mass is 272 g/mol. The Bertz CT molecular complexity index is 526. The van der Waals surface area contributed by atoms with Gasteiger partial charge in [-0.3, -0.25) is 4.79 Å². The van der Waals surface area contributed by atoms with E-state index in [0.717, 1.165) is 6.07 Å². The molecule has 0 heterocycles. The highest BCUT2D eigenvalue weighted by molar-refractivity contribution is 7.89. The van der Waals surface area contributed by atoms with Crippen LogP contribution in [0.1, 0.15) is 13.8 Å². The molecule has 0 saturated heterocycles. The topological polar surface area (TPSA) is 95.5 Å². The Morgan fingerprint density at radius 1 is 1.39 bits per heavy atom. The minimum Gasteiger partial charge on any atom is -0.508 e. The first-order valence-electron chi connectivity index (χ1n) is 5.39. The summed E-state index contributed by atoms with van der Waals surface area (Å²) in [5.41, 5.74) is 0. The van der Waals surface area contributed by atoms with Crippen LogP contribution in [0, 0.1) is 0 Å². The number of phenols is 1. The molecule has 0 aromatic heterocycles. The van der Waals surface area contributed by atoms with Gasteiger partial charge in [0.25, 0.3) is 0 Å². The van der Waals surface area contributed by atoms with Gasteiger partial charge in [-0.05, 0) is 32.0 Å². The number of aromatic hydroxyl groups is 1. The lowest BCUT2D eigenvalue weighted by Gasteiger charge is -2.09. The van der Waals surface area contributed by atoms with Gasteiger partial charge in [-0.1, -0.05) is 6.07 Å². The summed E-state index contributed by atoms with van der Waals surface area (Å²) in [5.74, 6) is -0.557. The summed E-state index contributed by atoms with van der Waals surface area (Å²) in [5, 5.41) is 11.8. The van der Waals surface area contributed by atoms with Gasteiger partial charge in [0.05, 0.1) is 11.4 Å². The quantitative estimate of drug-likeness (QED) is 0.713. The van der Waals surface area contributed by atoms with E-state index in [1.807, 2.05) is 0 Å². The lowest BCUT2D eigenvalue weighted by Crippen LogP contribution is -2.39. The zero-order valence-corrected chi connectivity index (χ0v) is 11.0. The molecule has 18 heavy (non-hydrogen) atoms. The van der Waals surface area contributed by atoms with Crippen LogP contribution in [0.2, 0.25) is 0 Å². The van der Waals surface area contributed by atoms with Gasteiger partial charge in [0.15, 0.2) is 0 Å². The van der Waals surface area contributed by atoms with Crippen LogP contribution in [-0.2, 0) is 14.8 Å². The standard InChI is InChI=1S/C11H16N2O4S/c1-8(2)13-11(15)7-12-18(16,17)10-5-3-4-9(14)6-10/h3-6,8,12,14H,7H2,1-2H3,(H,13,15). The average molecular weight is 272 g/mol. The maximum atomic E-state index is 11.8. The van der Waals surface area contributed by atoms with Crippen molar-refractivity contribution in [2.45, 2.75) is 24.8 Å². The second kappa shape index (κ2) is 5.83. The Kier molecular flexibility index (Phi) is 4.69. The lowest BCUT2D eigenvalue weighted by atomic mass is 10.3. The van der Waals surface area contributed by atoms with Crippen LogP contribution in [0.5, 0.6) is 5.75 Å². The Morgan fingerprint density at radius 3 is 2.61 bits per heavy atom. The van der Waals surface area contributed by atoms with Crippen molar-refractivity contribution in [3.8, 4) is 5.75 Å². The van der Waals surface area contributed by atoms with E-state index in [2.05, 4.69) is 10.0 Å². The molecular formula is C11H16N2O4S. The molecule has 1 rings (SSSR count). The van der Waals surface area contributed by atoms with Crippen LogP contribution < -0.4 is 10.0 Å². The van der Waals surface area contributed by atoms with Gasteiger partial charge in [-0.15, -0.1) is 0 Å². The molecule has 1 aromatic carbocycles. The molecule has 1 amide bonds. The van der Waals surface area contributed by atoms with Crippen molar-refractivity contribution in [2.75, 3.05) is 6.54 Å². The van der Waals surface area contributed by atoms with Crippen molar-refractivity contribution >= 4 is 15.9 Å². The molecule has 0 fully saturated rings. The molecule has 7 heteroatoms. The highest BCUT2D eigenvalue weighted by atomic mass is 32.2. The van der Waals surface area contributed by atoms with Crippen LogP contribution in [0.25, 0.3) is 0 Å². The largest absolute Gasteiger partial charge is 0.508 e. The first-order valence-corrected chi connectivity index (χ1v) is 6.87. The minimum absolute atomic E-state index is 0.0530. The number of nitrogens with one attached hydrogen (secondary N) is 2. The number of amides is 1. The zero-order chi connectivity index (χ0) is 13.8. The normalized spacial score (nSPS) is 11.5. The third-order valence-electron chi connectivity index (χ3n) is 2.00. The van der Waals surface area contributed by atoms with Crippen molar-refractivity contribution in [3.05, 3.63) is 24.3 Å². The second-order valence-corrected chi connectivity index (χ2v) is 5.81. The van der Waals surface area contributed by atoms with Gasteiger partial charge >= 0.3 is 0 Å². The maximum absolute atomic E-state index is 11.8. The summed E-state index contributed by atoms with van der Waals surface area (Å²) in [6, 6.07) is 5.18. The van der Waals surface area contributed by atoms with Crippen LogP contribution in [0.15, 0.2) is 29.2 Å². The lowest BCUT2D eigenvalue weighted by molar-refractivity contribution is -0.120. The molecule has 0 aliphatic carbocycles. The summed E-state index contributed by atoms with van der Waals surface area (Å²) in [6.45, 7) is 3.22. The van der Waals surface area contributed by atoms with Crippen molar-refractivity contribution in [1.29, 1.82) is 0 Å². The molecule has 0 aliphatic rings. The molecular weight excluding hydrogens is 256 g/mol. The van der Waals surface area contributed by atoms with Gasteiger partial charge in [-0.25, -0.2) is 13.1 Å². The predicted molar refractivity (Wildman–Crippen MR) is 66.6 cm³/mol. The highest BCUT2D eigenvalue weighted by Gasteiger charge is 2.15. The number of carbonyl (C=O) groups is 1. The molecule has 3 N–H and O–H groups in total. The number of benzene rings is 1. The van der Waals surface area contributed by atoms with Gasteiger partial charge < -0.3 is 10.4 Å². The smallest absolute Gasteiger partial charge is 0.241 e. The highest BCUT2D eigenvalue weighted by Crippen LogP contribution is 2.15. The third kappa shape index (κ3) is 4.34. The minimum atomic E-state index is -3.78. The number of hydrogen-bond donors (Lipinski definition) is 3. The number of carbonyl (C=O) groups excluding carboxylic acids is 1. The molecule has 0 saturated carbocycles. The number of hydrogen-bond acceptors (Lipinski definition) is 4. The molecule has 0 atom stereocenters. The Morgan fingerprint density at radius 2 is 2.06 bits per heavy atom. The summed E-state index contributed by atoms with van der Waals surface area (Å²) >= 11 is 0. The number of rotatable bonds is 5. The molecule has 6 nitrogen and oxygen atoms in total. The van der Waals surface area contributed by atoms with Gasteiger partial charge in [0.2, 0.25) is 15.9 Å². The second-order valence-electron chi connectivity index (χ2n) is 4.04. The molecule has 0 aliphatic heterocycles. The molecule has 0 unspecified atom stereocenters. The number of phenolic OH excluding ortho intramolecular Hbond substituents is 1. The van der Waals surface area contributed by atoms with Crippen LogP contribution >= 0.6 is 0 Å². The van der Waals surface area contributed by atoms with Crippen molar-refractivity contribution in [2.24, 2.45) is 0 Å². The van der Waals surface area contributed by atoms with E-state index in [1.54, 1.807) is 13.8 Å². The van der Waals surface area contributed by atoms with E-state index in [-0.39, 0.29) is 23.2 Å². The first kappa shape index (κ1) is 14.5. The number of sulfonamides is 1. The fourth-order valence-electron chi connectivity index (χ4n) is 1.27. The Balaban J connectivity index is 2.69. The molecule has 0 bridgehead atoms. The molecule has 1 aromatic rings. The summed E-state index contributed by atoms with van der Waals surface area (Å²) in [7, 11) is -3.78. The van der Waals surface area contributed by atoms with E-state index < -0.39 is 15.9 Å². The van der Waals surface area contributed by atoms with Crippen LogP contribution in [0.4, 0.5) is 0 Å². The van der Waals surface area contributed by atoms with Crippen molar-refractivity contribution < 1.29 is 18.3 Å². The van der Waals surface area contributed by atoms with Gasteiger partial charge in [0.1, 0.15) is 5.75 Å². The van der Waals surface area contributed by atoms with E-state index in [4.69, 9.17) is 0 Å². The Labute approximate surface area is 106 Å². The third-order valence-corrected chi connectivity index (χ3v) is 3.40. The summed E-state index contributed by atoms with van der Waals surface area (Å²) in [6.07, 6.45) is 0. The predicted octanol–water partition coefficient (Wildman–Crippen LogP) is 0.195. The molecule has 0 radical (unpaired) electrons. The zero-order valence-electron chi connectivity index (χ0n) is 10.2. The summed E-state index contributed by atoms with van der Waals surface area (Å²) in [4.78, 5) is 11.2. The van der Waals surface area contributed by atoms with Crippen LogP contribution in [-0.4, -0.2) is 32.0 Å². The first-order chi connectivity index (χ1) is 8.31. The summed E-state index contributed by atoms with van der Waals surface area (Å²) < 4.78 is 25.7. The van der Waals surface area contributed by atoms with Gasteiger partial charge in [-0.2, -0.15) is 0 Å². The SMILES string of the molecule is CC(C)NC(=O)CNS(=O)(=O)c1cccc(O)c1. The fraction of sp³-hybridized carbons (Fsp3) is 0.364. The maximum Gasteiger partial charge on any atom is 0.241 e. The Hall–Kier alpha value is -1.60. The fourth-order valence-corrected chi connectivity index (χ4v) is 2.29. The van der Waals surface area contributed by atoms with Crippen molar-refractivity contribution in [1.82, 2.24) is 10.0 Å². The van der Waals surface area contributed by atoms with E-state index in [9.17, 15) is 18.3 Å². The van der Waals surface area contributed by atoms with Crippen LogP contribution in [0.3, 0.4) is 0 Å². The van der Waals surface area contributed by atoms with E-state index >= 15 is 0 Å². The van der Waals surface area contributed by atoms with E-state index in [1.165, 1.54) is 18.2 Å².